The van der Waals surface area contributed by atoms with Crippen molar-refractivity contribution in [3.63, 3.8) is 0 Å². The Labute approximate surface area is 103 Å². The van der Waals surface area contributed by atoms with Gasteiger partial charge in [-0.15, -0.1) is 0 Å². The normalized spacial score (nSPS) is 13.1. The molecule has 0 unspecified atom stereocenters. The summed E-state index contributed by atoms with van der Waals surface area (Å²) in [6.07, 6.45) is 2.76. The first-order valence-electron chi connectivity index (χ1n) is 5.46. The third kappa shape index (κ3) is 2.05. The number of hydrogen-bond acceptors (Lipinski definition) is 3. The number of rotatable bonds is 2. The highest BCUT2D eigenvalue weighted by Gasteiger charge is 2.06. The Kier molecular flexibility index (Phi) is 2.49. The topological polar surface area (TPSA) is 55.1 Å². The second kappa shape index (κ2) is 4.59. The van der Waals surface area contributed by atoms with Gasteiger partial charge in [-0.25, -0.2) is 4.98 Å². The van der Waals surface area contributed by atoms with Crippen LogP contribution in [0.25, 0.3) is 5.82 Å². The monoisotopic (exact) mass is 282 g/mol. The zero-order chi connectivity index (χ0) is 13.3. The van der Waals surface area contributed by atoms with Crippen molar-refractivity contribution in [2.45, 2.75) is 6.56 Å². The van der Waals surface area contributed by atoms with E-state index >= 15 is 0 Å². The minimum absolute atomic E-state index is 0.0281. The van der Waals surface area contributed by atoms with Crippen molar-refractivity contribution in [3.05, 3.63) is 57.0 Å². The highest BCUT2D eigenvalue weighted by molar-refractivity contribution is 9.10. The van der Waals surface area contributed by atoms with Crippen LogP contribution >= 0.6 is 15.9 Å². The Morgan fingerprint density at radius 1 is 1.56 bits per heavy atom. The lowest BCUT2D eigenvalue weighted by atomic mass is 10.3. The predicted octanol–water partition coefficient (Wildman–Crippen LogP) is 1.49. The van der Waals surface area contributed by atoms with Gasteiger partial charge in [0.25, 0.3) is 5.56 Å². The Balaban J connectivity index is 2.68. The SMILES string of the molecule is [2H]C([2H])(O)c1cc(Br)c(=O)n(-c2ccccn2)c1. The number of pyridine rings is 2. The molecule has 2 aromatic rings. The van der Waals surface area contributed by atoms with Crippen LogP contribution in [0.2, 0.25) is 0 Å². The van der Waals surface area contributed by atoms with Gasteiger partial charge in [-0.2, -0.15) is 0 Å². The van der Waals surface area contributed by atoms with Crippen LogP contribution in [0.1, 0.15) is 8.30 Å². The van der Waals surface area contributed by atoms with Gasteiger partial charge < -0.3 is 5.11 Å². The fourth-order valence-electron chi connectivity index (χ4n) is 1.28. The van der Waals surface area contributed by atoms with E-state index < -0.39 is 6.56 Å². The van der Waals surface area contributed by atoms with Crippen molar-refractivity contribution < 1.29 is 7.85 Å². The first-order chi connectivity index (χ1) is 8.39. The van der Waals surface area contributed by atoms with Crippen molar-refractivity contribution in [2.24, 2.45) is 0 Å². The minimum atomic E-state index is -2.52. The lowest BCUT2D eigenvalue weighted by Crippen LogP contribution is -2.20. The summed E-state index contributed by atoms with van der Waals surface area (Å²) in [5, 5.41) is 9.35. The van der Waals surface area contributed by atoms with Crippen LogP contribution in [0.5, 0.6) is 0 Å². The van der Waals surface area contributed by atoms with Crippen LogP contribution in [0.4, 0.5) is 0 Å². The Morgan fingerprint density at radius 3 is 3.00 bits per heavy atom. The minimum Gasteiger partial charge on any atom is -0.392 e. The molecule has 82 valence electrons. The molecule has 0 aliphatic rings. The van der Waals surface area contributed by atoms with E-state index in [1.54, 1.807) is 18.2 Å². The Morgan fingerprint density at radius 2 is 2.38 bits per heavy atom. The average Bonchev–Trinajstić information content (AvgIpc) is 2.32. The number of aromatic nitrogens is 2. The van der Waals surface area contributed by atoms with Gasteiger partial charge in [-0.1, -0.05) is 6.07 Å². The molecule has 0 bridgehead atoms. The third-order valence-electron chi connectivity index (χ3n) is 2.00. The molecule has 0 aliphatic carbocycles. The van der Waals surface area contributed by atoms with Gasteiger partial charge >= 0.3 is 0 Å². The molecule has 0 spiro atoms. The van der Waals surface area contributed by atoms with Gasteiger partial charge in [0.05, 0.1) is 13.8 Å². The fraction of sp³-hybridized carbons (Fsp3) is 0.0909. The molecule has 0 aliphatic heterocycles. The van der Waals surface area contributed by atoms with E-state index in [0.717, 1.165) is 0 Å². The molecule has 2 aromatic heterocycles. The summed E-state index contributed by atoms with van der Waals surface area (Å²) in [5.74, 6) is 0.356. The van der Waals surface area contributed by atoms with Gasteiger partial charge in [0.1, 0.15) is 5.82 Å². The first-order valence-corrected chi connectivity index (χ1v) is 5.25. The fourth-order valence-corrected chi connectivity index (χ4v) is 1.71. The molecule has 2 heterocycles. The van der Waals surface area contributed by atoms with Gasteiger partial charge in [-0.05, 0) is 39.7 Å². The molecule has 0 radical (unpaired) electrons. The molecule has 0 saturated carbocycles. The van der Waals surface area contributed by atoms with Crippen molar-refractivity contribution in [2.75, 3.05) is 0 Å². The largest absolute Gasteiger partial charge is 0.392 e. The van der Waals surface area contributed by atoms with E-state index in [9.17, 15) is 9.90 Å². The van der Waals surface area contributed by atoms with E-state index in [-0.39, 0.29) is 15.6 Å². The number of halogens is 1. The molecule has 0 fully saturated rings. The van der Waals surface area contributed by atoms with Gasteiger partial charge in [-0.3, -0.25) is 9.36 Å². The summed E-state index contributed by atoms with van der Waals surface area (Å²) < 4.78 is 15.9. The van der Waals surface area contributed by atoms with Crippen LogP contribution in [0.3, 0.4) is 0 Å². The third-order valence-corrected chi connectivity index (χ3v) is 2.57. The van der Waals surface area contributed by atoms with Crippen molar-refractivity contribution in [3.8, 4) is 5.82 Å². The van der Waals surface area contributed by atoms with Crippen molar-refractivity contribution in [1.29, 1.82) is 0 Å². The summed E-state index contributed by atoms with van der Waals surface area (Å²) in [7, 11) is 0. The van der Waals surface area contributed by atoms with Crippen molar-refractivity contribution in [1.82, 2.24) is 9.55 Å². The highest BCUT2D eigenvalue weighted by atomic mass is 79.9. The van der Waals surface area contributed by atoms with E-state index in [1.165, 1.54) is 23.0 Å². The number of nitrogens with zero attached hydrogens (tertiary/aromatic N) is 2. The lowest BCUT2D eigenvalue weighted by molar-refractivity contribution is 0.281. The summed E-state index contributed by atoms with van der Waals surface area (Å²) in [6, 6.07) is 6.29. The maximum absolute atomic E-state index is 11.9. The quantitative estimate of drug-likeness (QED) is 0.908. The molecule has 0 aromatic carbocycles. The van der Waals surface area contributed by atoms with Crippen LogP contribution in [-0.2, 0) is 6.56 Å². The van der Waals surface area contributed by atoms with E-state index in [1.807, 2.05) is 0 Å². The average molecular weight is 283 g/mol. The summed E-state index contributed by atoms with van der Waals surface area (Å²) >= 11 is 3.05. The molecular weight excluding hydrogens is 272 g/mol. The molecule has 1 N–H and O–H groups in total. The van der Waals surface area contributed by atoms with E-state index in [2.05, 4.69) is 20.9 Å². The van der Waals surface area contributed by atoms with Crippen molar-refractivity contribution >= 4 is 15.9 Å². The summed E-state index contributed by atoms with van der Waals surface area (Å²) in [5.41, 5.74) is -0.402. The second-order valence-corrected chi connectivity index (χ2v) is 3.91. The van der Waals surface area contributed by atoms with Crippen LogP contribution in [-0.4, -0.2) is 14.7 Å². The van der Waals surface area contributed by atoms with Gasteiger partial charge in [0.15, 0.2) is 0 Å². The smallest absolute Gasteiger partial charge is 0.270 e. The molecule has 2 rings (SSSR count). The van der Waals surface area contributed by atoms with E-state index in [0.29, 0.717) is 5.82 Å². The summed E-state index contributed by atoms with van der Waals surface area (Å²) in [4.78, 5) is 15.9. The van der Waals surface area contributed by atoms with E-state index in [4.69, 9.17) is 2.74 Å². The molecular formula is C11H9BrN2O2. The molecule has 4 nitrogen and oxygen atoms in total. The highest BCUT2D eigenvalue weighted by Crippen LogP contribution is 2.09. The predicted molar refractivity (Wildman–Crippen MR) is 63.5 cm³/mol. The lowest BCUT2D eigenvalue weighted by Gasteiger charge is -2.07. The van der Waals surface area contributed by atoms with Gasteiger partial charge in [0, 0.05) is 12.4 Å². The zero-order valence-electron chi connectivity index (χ0n) is 10.1. The molecule has 16 heavy (non-hydrogen) atoms. The maximum Gasteiger partial charge on any atom is 0.270 e. The summed E-state index contributed by atoms with van der Waals surface area (Å²) in [6.45, 7) is -2.52. The maximum atomic E-state index is 11.9. The standard InChI is InChI=1S/C11H9BrN2O2/c12-9-5-8(7-15)6-14(11(9)16)10-3-1-2-4-13-10/h1-6,15H,7H2/i7D2. The molecule has 0 atom stereocenters. The second-order valence-electron chi connectivity index (χ2n) is 3.05. The van der Waals surface area contributed by atoms with Crippen LogP contribution in [0.15, 0.2) is 45.9 Å². The molecule has 0 amide bonds. The first kappa shape index (κ1) is 8.66. The number of hydrogen-bond donors (Lipinski definition) is 1. The van der Waals surface area contributed by atoms with Gasteiger partial charge in [0.2, 0.25) is 0 Å². The Bertz CT molecular complexity index is 623. The molecule has 5 heteroatoms. The van der Waals surface area contributed by atoms with Crippen LogP contribution < -0.4 is 5.56 Å². The Hall–Kier alpha value is -1.46. The zero-order valence-corrected chi connectivity index (χ0v) is 9.68. The van der Waals surface area contributed by atoms with Crippen LogP contribution in [0, 0.1) is 0 Å². The molecule has 0 saturated heterocycles. The number of aliphatic hydroxyl groups is 1.